The van der Waals surface area contributed by atoms with Crippen molar-refractivity contribution in [2.45, 2.75) is 156 Å². The van der Waals surface area contributed by atoms with E-state index < -0.39 is 78.2 Å². The van der Waals surface area contributed by atoms with Crippen molar-refractivity contribution in [3.05, 3.63) is 106 Å². The zero-order valence-corrected chi connectivity index (χ0v) is 43.1. The van der Waals surface area contributed by atoms with E-state index in [0.29, 0.717) is 11.1 Å². The van der Waals surface area contributed by atoms with Gasteiger partial charge in [-0.2, -0.15) is 8.61 Å². The number of rotatable bonds is 9. The third kappa shape index (κ3) is 10.2. The Bertz CT molecular complexity index is 2530. The molecule has 0 saturated carbocycles. The van der Waals surface area contributed by atoms with Crippen LogP contribution in [0.1, 0.15) is 143 Å². The van der Waals surface area contributed by atoms with Crippen molar-refractivity contribution in [3.63, 3.8) is 0 Å². The summed E-state index contributed by atoms with van der Waals surface area (Å²) in [5.41, 5.74) is 1.98. The Morgan fingerprint density at radius 2 is 0.833 bits per heavy atom. The second-order valence-corrected chi connectivity index (χ2v) is 25.7. The molecule has 0 N–H and O–H groups in total. The lowest BCUT2D eigenvalue weighted by Gasteiger charge is -2.36. The first-order valence-corrected chi connectivity index (χ1v) is 25.3. The van der Waals surface area contributed by atoms with Crippen molar-refractivity contribution in [2.24, 2.45) is 10.8 Å². The monoisotopic (exact) mass is 944 g/mol. The average molecular weight is 945 g/mol. The molecule has 0 aliphatic carbocycles. The molecule has 2 aliphatic heterocycles. The zero-order valence-electron chi connectivity index (χ0n) is 41.4. The summed E-state index contributed by atoms with van der Waals surface area (Å²) in [6.45, 7) is 30.1. The van der Waals surface area contributed by atoms with Gasteiger partial charge in [-0.3, -0.25) is 9.59 Å². The van der Waals surface area contributed by atoms with Crippen LogP contribution >= 0.6 is 0 Å². The van der Waals surface area contributed by atoms with Crippen LogP contribution in [0.4, 0.5) is 0 Å². The number of hydrogen-bond donors (Lipinski definition) is 0. The molecule has 12 nitrogen and oxygen atoms in total. The Labute approximate surface area is 393 Å². The number of nitrogens with zero attached hydrogens (tertiary/aromatic N) is 2. The van der Waals surface area contributed by atoms with E-state index in [9.17, 15) is 9.59 Å². The first kappa shape index (κ1) is 51.0. The molecule has 0 radical (unpaired) electrons. The maximum Gasteiger partial charge on any atom is 0.308 e. The van der Waals surface area contributed by atoms with Crippen molar-refractivity contribution in [2.75, 3.05) is 13.2 Å². The second kappa shape index (κ2) is 17.9. The number of esters is 2. The first-order valence-electron chi connectivity index (χ1n) is 22.4. The first-order chi connectivity index (χ1) is 30.2. The van der Waals surface area contributed by atoms with E-state index in [1.165, 1.54) is 22.5 Å². The van der Waals surface area contributed by atoms with Crippen molar-refractivity contribution < 1.29 is 45.4 Å². The summed E-state index contributed by atoms with van der Waals surface area (Å²) < 4.78 is 88.6. The van der Waals surface area contributed by atoms with E-state index in [0.717, 1.165) is 22.3 Å². The van der Waals surface area contributed by atoms with Gasteiger partial charge in [0.2, 0.25) is 20.0 Å². The highest BCUT2D eigenvalue weighted by Crippen LogP contribution is 2.53. The molecule has 0 aromatic heterocycles. The molecule has 66 heavy (non-hydrogen) atoms. The minimum atomic E-state index is -4.27. The summed E-state index contributed by atoms with van der Waals surface area (Å²) in [5, 5.41) is 0. The molecule has 4 atom stereocenters. The van der Waals surface area contributed by atoms with Crippen LogP contribution in [0, 0.1) is 24.7 Å². The highest BCUT2D eigenvalue weighted by Gasteiger charge is 2.52. The second-order valence-electron chi connectivity index (χ2n) is 22.0. The average Bonchev–Trinajstić information content (AvgIpc) is 3.85. The molecule has 6 rings (SSSR count). The van der Waals surface area contributed by atoms with Crippen molar-refractivity contribution in [1.82, 2.24) is 8.61 Å². The molecule has 0 amide bonds. The van der Waals surface area contributed by atoms with Gasteiger partial charge in [-0.05, 0) is 95.2 Å². The molecule has 14 heteroatoms. The molecule has 2 fully saturated rings. The smallest absolute Gasteiger partial charge is 0.308 e. The van der Waals surface area contributed by atoms with Gasteiger partial charge in [-0.15, -0.1) is 0 Å². The topological polar surface area (TPSA) is 146 Å². The Morgan fingerprint density at radius 3 is 1.09 bits per heavy atom. The Hall–Kier alpha value is -4.44. The molecule has 4 aromatic rings. The highest BCUT2D eigenvalue weighted by atomic mass is 32.2. The SMILES string of the molecule is CC(=O)Oc1c(-c2cc(C(C)(C)C)cc([C@@H]3OC[C@H](C(C)(C)C)N3S(=O)(=O)c3ccc(C)cc3)c2OC(C)=O)cc(C(C)(C)C)cc1[C@@H]1OC[C@H](C(C)(C)C)N1S(=O)(=O)c1ccc(C)cc1. The molecule has 358 valence electrons. The lowest BCUT2D eigenvalue weighted by atomic mass is 9.80. The van der Waals surface area contributed by atoms with Crippen molar-refractivity contribution in [3.8, 4) is 22.6 Å². The van der Waals surface area contributed by atoms with Crippen LogP contribution in [0.15, 0.2) is 82.6 Å². The van der Waals surface area contributed by atoms with Gasteiger partial charge in [-0.1, -0.05) is 118 Å². The van der Waals surface area contributed by atoms with Gasteiger partial charge < -0.3 is 18.9 Å². The van der Waals surface area contributed by atoms with Gasteiger partial charge in [0, 0.05) is 36.1 Å². The number of ether oxygens (including phenoxy) is 4. The summed E-state index contributed by atoms with van der Waals surface area (Å²) in [4.78, 5) is 27.0. The van der Waals surface area contributed by atoms with E-state index in [4.69, 9.17) is 18.9 Å². The fraction of sp³-hybridized carbons (Fsp3) is 0.500. The van der Waals surface area contributed by atoms with E-state index in [-0.39, 0.29) is 45.6 Å². The summed E-state index contributed by atoms with van der Waals surface area (Å²) >= 11 is 0. The van der Waals surface area contributed by atoms with Crippen LogP contribution in [0.5, 0.6) is 11.5 Å². The molecular weight excluding hydrogens is 877 g/mol. The maximum atomic E-state index is 15.0. The minimum absolute atomic E-state index is 0.00591. The Kier molecular flexibility index (Phi) is 13.8. The van der Waals surface area contributed by atoms with Crippen LogP contribution in [-0.4, -0.2) is 62.7 Å². The number of carbonyl (C=O) groups excluding carboxylic acids is 2. The number of benzene rings is 4. The van der Waals surface area contributed by atoms with Gasteiger partial charge in [0.1, 0.15) is 11.5 Å². The summed E-state index contributed by atoms with van der Waals surface area (Å²) in [5.74, 6) is -1.40. The van der Waals surface area contributed by atoms with Gasteiger partial charge >= 0.3 is 11.9 Å². The molecule has 0 spiro atoms. The fourth-order valence-electron chi connectivity index (χ4n) is 8.40. The quantitative estimate of drug-likeness (QED) is 0.117. The summed E-state index contributed by atoms with van der Waals surface area (Å²) in [6, 6.07) is 19.3. The van der Waals surface area contributed by atoms with E-state index in [1.54, 1.807) is 48.5 Å². The van der Waals surface area contributed by atoms with Gasteiger partial charge in [-0.25, -0.2) is 16.8 Å². The predicted molar refractivity (Wildman–Crippen MR) is 256 cm³/mol. The molecule has 2 saturated heterocycles. The molecule has 0 unspecified atom stereocenters. The lowest BCUT2D eigenvalue weighted by Crippen LogP contribution is -2.45. The predicted octanol–water partition coefficient (Wildman–Crippen LogP) is 10.7. The van der Waals surface area contributed by atoms with Crippen molar-refractivity contribution >= 4 is 32.0 Å². The van der Waals surface area contributed by atoms with E-state index in [1.807, 2.05) is 121 Å². The minimum Gasteiger partial charge on any atom is -0.426 e. The Balaban J connectivity index is 1.74. The van der Waals surface area contributed by atoms with E-state index >= 15 is 16.8 Å². The zero-order chi connectivity index (χ0) is 49.3. The van der Waals surface area contributed by atoms with Crippen LogP contribution in [0.3, 0.4) is 0 Å². The molecule has 2 heterocycles. The van der Waals surface area contributed by atoms with Gasteiger partial charge in [0.25, 0.3) is 0 Å². The van der Waals surface area contributed by atoms with Crippen LogP contribution in [-0.2, 0) is 49.9 Å². The van der Waals surface area contributed by atoms with Crippen LogP contribution < -0.4 is 9.47 Å². The maximum absolute atomic E-state index is 15.0. The van der Waals surface area contributed by atoms with Crippen molar-refractivity contribution in [1.29, 1.82) is 0 Å². The van der Waals surface area contributed by atoms with Crippen LogP contribution in [0.2, 0.25) is 0 Å². The lowest BCUT2D eigenvalue weighted by molar-refractivity contribution is -0.133. The molecule has 4 aromatic carbocycles. The standard InChI is InChI=1S/C52H68N2O10S2/c1-31-17-21-37(22-18-31)65(57,58)53-43(51(11,12)13)29-61-47(53)41-27-35(49(5,6)7)25-39(45(41)63-33(3)55)40-26-36(50(8,9)10)28-42(46(40)64-34(4)56)48-54(44(30-62-48)52(14,15)16)66(59,60)38-23-19-32(2)20-24-38/h17-28,43-44,47-48H,29-30H2,1-16H3/t43-,44-,47+,48+/m1/s1. The molecule has 0 bridgehead atoms. The van der Waals surface area contributed by atoms with Gasteiger partial charge in [0.15, 0.2) is 12.5 Å². The largest absolute Gasteiger partial charge is 0.426 e. The third-order valence-electron chi connectivity index (χ3n) is 12.4. The summed E-state index contributed by atoms with van der Waals surface area (Å²) in [6.07, 6.45) is -2.56. The van der Waals surface area contributed by atoms with Crippen LogP contribution in [0.25, 0.3) is 11.1 Å². The highest BCUT2D eigenvalue weighted by molar-refractivity contribution is 7.89. The third-order valence-corrected chi connectivity index (χ3v) is 16.1. The normalized spacial score (nSPS) is 20.4. The summed E-state index contributed by atoms with van der Waals surface area (Å²) in [7, 11) is -8.53. The number of sulfonamides is 2. The number of aryl methyl sites for hydroxylation is 2. The fourth-order valence-corrected chi connectivity index (χ4v) is 12.1. The van der Waals surface area contributed by atoms with Gasteiger partial charge in [0.05, 0.1) is 35.1 Å². The molecule has 2 aliphatic rings. The number of carbonyl (C=O) groups is 2. The Morgan fingerprint density at radius 1 is 0.530 bits per heavy atom. The molecular formula is C52H68N2O10S2. The van der Waals surface area contributed by atoms with E-state index in [2.05, 4.69) is 0 Å². The number of hydrogen-bond acceptors (Lipinski definition) is 10.